The Hall–Kier alpha value is -1.78. The summed E-state index contributed by atoms with van der Waals surface area (Å²) >= 11 is 0. The molecule has 0 radical (unpaired) electrons. The summed E-state index contributed by atoms with van der Waals surface area (Å²) in [5.41, 5.74) is 2.15. The Morgan fingerprint density at radius 3 is 2.39 bits per heavy atom. The Bertz CT molecular complexity index is 586. The Labute approximate surface area is 138 Å². The van der Waals surface area contributed by atoms with E-state index < -0.39 is 5.92 Å². The number of carbonyl (C=O) groups excluding carboxylic acids is 2. The zero-order valence-corrected chi connectivity index (χ0v) is 14.7. The van der Waals surface area contributed by atoms with Gasteiger partial charge in [0, 0.05) is 18.4 Å². The third-order valence-electron chi connectivity index (χ3n) is 3.96. The van der Waals surface area contributed by atoms with Crippen LogP contribution in [0, 0.1) is 6.92 Å². The maximum absolute atomic E-state index is 12.5. The number of aryl methyl sites for hydroxylation is 2. The van der Waals surface area contributed by atoms with Gasteiger partial charge in [0.05, 0.1) is 23.7 Å². The average molecular weight is 321 g/mol. The van der Waals surface area contributed by atoms with Crippen molar-refractivity contribution in [1.82, 2.24) is 4.57 Å². The van der Waals surface area contributed by atoms with Gasteiger partial charge in [0.25, 0.3) is 0 Å². The lowest BCUT2D eigenvalue weighted by Gasteiger charge is -2.19. The topological polar surface area (TPSA) is 57.5 Å². The second-order valence-corrected chi connectivity index (χ2v) is 6.75. The number of rotatable bonds is 4. The van der Waals surface area contributed by atoms with Gasteiger partial charge < -0.3 is 14.0 Å². The minimum atomic E-state index is -0.400. The van der Waals surface area contributed by atoms with Crippen molar-refractivity contribution in [3.63, 3.8) is 0 Å². The smallest absolute Gasteiger partial charge is 0.340 e. The fraction of sp³-hybridized carbons (Fsp3) is 0.667. The molecule has 0 saturated carbocycles. The van der Waals surface area contributed by atoms with Crippen LogP contribution in [0.4, 0.5) is 0 Å². The highest BCUT2D eigenvalue weighted by atomic mass is 16.5. The minimum Gasteiger partial charge on any atom is -0.462 e. The molecule has 1 aliphatic rings. The van der Waals surface area contributed by atoms with E-state index in [2.05, 4.69) is 0 Å². The summed E-state index contributed by atoms with van der Waals surface area (Å²) in [6, 6.07) is 0. The molecule has 1 aromatic heterocycles. The molecule has 128 valence electrons. The highest BCUT2D eigenvalue weighted by Crippen LogP contribution is 2.34. The third-order valence-corrected chi connectivity index (χ3v) is 3.96. The zero-order chi connectivity index (χ0) is 17.1. The summed E-state index contributed by atoms with van der Waals surface area (Å²) in [5.74, 6) is -1.00. The van der Waals surface area contributed by atoms with Crippen molar-refractivity contribution in [2.45, 2.75) is 78.6 Å². The maximum Gasteiger partial charge on any atom is 0.340 e. The highest BCUT2D eigenvalue weighted by molar-refractivity contribution is 5.95. The number of esters is 2. The number of ether oxygens (including phenoxy) is 2. The molecule has 0 saturated heterocycles. The van der Waals surface area contributed by atoms with Crippen LogP contribution in [0.15, 0.2) is 6.20 Å². The molecule has 5 heteroatoms. The van der Waals surface area contributed by atoms with Crippen LogP contribution in [0.5, 0.6) is 0 Å². The number of nitrogens with zero attached hydrogens (tertiary/aromatic N) is 1. The molecule has 2 rings (SSSR count). The van der Waals surface area contributed by atoms with E-state index in [1.54, 1.807) is 0 Å². The van der Waals surface area contributed by atoms with Gasteiger partial charge >= 0.3 is 11.9 Å². The molecule has 0 fully saturated rings. The van der Waals surface area contributed by atoms with Crippen LogP contribution in [-0.2, 0) is 20.8 Å². The predicted molar refractivity (Wildman–Crippen MR) is 87.5 cm³/mol. The molecule has 0 aromatic carbocycles. The molecule has 1 aromatic rings. The van der Waals surface area contributed by atoms with Crippen molar-refractivity contribution >= 4 is 11.9 Å². The van der Waals surface area contributed by atoms with E-state index >= 15 is 0 Å². The van der Waals surface area contributed by atoms with Crippen molar-refractivity contribution in [3.8, 4) is 0 Å². The van der Waals surface area contributed by atoms with Crippen LogP contribution in [-0.4, -0.2) is 28.7 Å². The Morgan fingerprint density at radius 2 is 1.78 bits per heavy atom. The van der Waals surface area contributed by atoms with Crippen molar-refractivity contribution in [2.24, 2.45) is 0 Å². The average Bonchev–Trinajstić information content (AvgIpc) is 2.61. The molecule has 1 atom stereocenters. The van der Waals surface area contributed by atoms with E-state index in [-0.39, 0.29) is 24.1 Å². The van der Waals surface area contributed by atoms with Crippen molar-refractivity contribution in [3.05, 3.63) is 23.0 Å². The molecular weight excluding hydrogens is 294 g/mol. The van der Waals surface area contributed by atoms with Crippen LogP contribution in [0.3, 0.4) is 0 Å². The molecule has 23 heavy (non-hydrogen) atoms. The second-order valence-electron chi connectivity index (χ2n) is 6.75. The number of carbonyl (C=O) groups is 2. The summed E-state index contributed by atoms with van der Waals surface area (Å²) < 4.78 is 12.8. The number of hydrogen-bond donors (Lipinski definition) is 0. The fourth-order valence-corrected chi connectivity index (χ4v) is 3.12. The van der Waals surface area contributed by atoms with E-state index in [0.29, 0.717) is 12.0 Å². The molecular formula is C18H27NO4. The fourth-order valence-electron chi connectivity index (χ4n) is 3.12. The van der Waals surface area contributed by atoms with Crippen LogP contribution < -0.4 is 0 Å². The van der Waals surface area contributed by atoms with Crippen LogP contribution in [0.1, 0.15) is 74.5 Å². The Kier molecular flexibility index (Phi) is 5.50. The largest absolute Gasteiger partial charge is 0.462 e. The van der Waals surface area contributed by atoms with Gasteiger partial charge in [-0.1, -0.05) is 6.42 Å². The first-order chi connectivity index (χ1) is 10.8. The standard InChI is InChI=1S/C18H27NO4/c1-11(2)22-17(20)14-8-6-7-9-19-10-13(5)15(16(14)19)18(21)23-12(3)4/h10-12,14H,6-9H2,1-5H3. The van der Waals surface area contributed by atoms with Gasteiger partial charge in [-0.05, 0) is 53.0 Å². The molecule has 2 heterocycles. The zero-order valence-electron chi connectivity index (χ0n) is 14.7. The van der Waals surface area contributed by atoms with Gasteiger partial charge in [-0.3, -0.25) is 4.79 Å². The molecule has 0 amide bonds. The van der Waals surface area contributed by atoms with Crippen LogP contribution in [0.25, 0.3) is 0 Å². The van der Waals surface area contributed by atoms with Gasteiger partial charge in [-0.25, -0.2) is 4.79 Å². The molecule has 5 nitrogen and oxygen atoms in total. The van der Waals surface area contributed by atoms with Gasteiger partial charge in [0.15, 0.2) is 0 Å². The van der Waals surface area contributed by atoms with Gasteiger partial charge in [0.2, 0.25) is 0 Å². The molecule has 0 spiro atoms. The first-order valence-corrected chi connectivity index (χ1v) is 8.42. The van der Waals surface area contributed by atoms with E-state index in [9.17, 15) is 9.59 Å². The third kappa shape index (κ3) is 3.95. The molecule has 1 unspecified atom stereocenters. The summed E-state index contributed by atoms with van der Waals surface area (Å²) in [7, 11) is 0. The molecule has 0 aliphatic carbocycles. The van der Waals surface area contributed by atoms with E-state index in [0.717, 1.165) is 30.6 Å². The van der Waals surface area contributed by atoms with Gasteiger partial charge in [0.1, 0.15) is 0 Å². The molecule has 0 N–H and O–H groups in total. The summed E-state index contributed by atoms with van der Waals surface area (Å²) in [6.07, 6.45) is 4.23. The number of hydrogen-bond acceptors (Lipinski definition) is 4. The maximum atomic E-state index is 12.5. The minimum absolute atomic E-state index is 0.165. The van der Waals surface area contributed by atoms with E-state index in [1.807, 2.05) is 45.4 Å². The lowest BCUT2D eigenvalue weighted by atomic mass is 9.95. The van der Waals surface area contributed by atoms with Gasteiger partial charge in [-0.15, -0.1) is 0 Å². The monoisotopic (exact) mass is 321 g/mol. The first kappa shape index (κ1) is 17.6. The summed E-state index contributed by atoms with van der Waals surface area (Å²) in [6.45, 7) is 10.0. The van der Waals surface area contributed by atoms with E-state index in [4.69, 9.17) is 9.47 Å². The van der Waals surface area contributed by atoms with Crippen molar-refractivity contribution in [2.75, 3.05) is 0 Å². The quantitative estimate of drug-likeness (QED) is 0.795. The highest BCUT2D eigenvalue weighted by Gasteiger charge is 2.34. The summed E-state index contributed by atoms with van der Waals surface area (Å²) in [5, 5.41) is 0. The van der Waals surface area contributed by atoms with Crippen LogP contribution >= 0.6 is 0 Å². The van der Waals surface area contributed by atoms with Crippen molar-refractivity contribution < 1.29 is 19.1 Å². The second kappa shape index (κ2) is 7.20. The predicted octanol–water partition coefficient (Wildman–Crippen LogP) is 3.58. The SMILES string of the molecule is Cc1cn2c(c1C(=O)OC(C)C)C(C(=O)OC(C)C)CCCC2. The first-order valence-electron chi connectivity index (χ1n) is 8.42. The Morgan fingerprint density at radius 1 is 1.13 bits per heavy atom. The van der Waals surface area contributed by atoms with Crippen LogP contribution in [0.2, 0.25) is 0 Å². The lowest BCUT2D eigenvalue weighted by Crippen LogP contribution is -2.23. The molecule has 1 aliphatic heterocycles. The molecule has 0 bridgehead atoms. The van der Waals surface area contributed by atoms with E-state index in [1.165, 1.54) is 0 Å². The number of aromatic nitrogens is 1. The normalized spacial score (nSPS) is 17.8. The van der Waals surface area contributed by atoms with Gasteiger partial charge in [-0.2, -0.15) is 0 Å². The number of fused-ring (bicyclic) bond motifs is 1. The Balaban J connectivity index is 2.44. The summed E-state index contributed by atoms with van der Waals surface area (Å²) in [4.78, 5) is 25.1. The van der Waals surface area contributed by atoms with Crippen molar-refractivity contribution in [1.29, 1.82) is 0 Å². The lowest BCUT2D eigenvalue weighted by molar-refractivity contribution is -0.149.